The molecule has 0 aromatic heterocycles. The van der Waals surface area contributed by atoms with Gasteiger partial charge in [0.25, 0.3) is 0 Å². The standard InChI is InChI=1S/C32H67O2P.Sn.2H/c1-6-11-15-18-21-24-28-35(29-25-22-19-16-12-7-2,30-26-23-20-17-13-8-3)34-32(33)31(10-5)27-14-9-4;;;/h31,35H,6-30H2,1-5H3;;;. The van der Waals surface area contributed by atoms with Crippen LogP contribution < -0.4 is 0 Å². The molecule has 0 aromatic rings. The second-order valence-electron chi connectivity index (χ2n) is 11.4. The molecule has 0 saturated heterocycles. The molecular weight excluding hydrogens is 566 g/mol. The number of carbonyl (C=O) groups is 1. The summed E-state index contributed by atoms with van der Waals surface area (Å²) in [5.74, 6) is 0.302. The van der Waals surface area contributed by atoms with Gasteiger partial charge in [0.15, 0.2) is 0 Å². The Morgan fingerprint density at radius 2 is 0.861 bits per heavy atom. The second kappa shape index (κ2) is 28.7. The first-order valence-electron chi connectivity index (χ1n) is 16.3. The Morgan fingerprint density at radius 1 is 0.528 bits per heavy atom. The number of hydrogen-bond donors (Lipinski definition) is 0. The van der Waals surface area contributed by atoms with Gasteiger partial charge in [0.05, 0.1) is 0 Å². The van der Waals surface area contributed by atoms with E-state index in [4.69, 9.17) is 4.52 Å². The van der Waals surface area contributed by atoms with Crippen molar-refractivity contribution in [2.45, 2.75) is 176 Å². The molecule has 0 rings (SSSR count). The van der Waals surface area contributed by atoms with E-state index in [0.29, 0.717) is 0 Å². The van der Waals surface area contributed by atoms with Crippen molar-refractivity contribution in [2.24, 2.45) is 5.92 Å². The zero-order chi connectivity index (χ0) is 26.0. The normalized spacial score (nSPS) is 12.8. The van der Waals surface area contributed by atoms with Crippen LogP contribution in [0.3, 0.4) is 0 Å². The van der Waals surface area contributed by atoms with Crippen LogP contribution in [0.4, 0.5) is 0 Å². The van der Waals surface area contributed by atoms with Crippen LogP contribution in [0.25, 0.3) is 0 Å². The first kappa shape index (κ1) is 38.8. The summed E-state index contributed by atoms with van der Waals surface area (Å²) < 4.78 is 6.77. The van der Waals surface area contributed by atoms with E-state index in [1.165, 1.54) is 140 Å². The van der Waals surface area contributed by atoms with E-state index in [2.05, 4.69) is 34.6 Å². The van der Waals surface area contributed by atoms with E-state index in [1.807, 2.05) is 0 Å². The third kappa shape index (κ3) is 21.6. The van der Waals surface area contributed by atoms with E-state index in [0.717, 1.165) is 19.3 Å². The maximum atomic E-state index is 13.4. The van der Waals surface area contributed by atoms with Gasteiger partial charge in [-0.1, -0.05) is 0 Å². The van der Waals surface area contributed by atoms with Crippen LogP contribution >= 0.6 is 7.49 Å². The van der Waals surface area contributed by atoms with E-state index in [9.17, 15) is 4.79 Å². The number of unbranched alkanes of at least 4 members (excludes halogenated alkanes) is 16. The molecule has 1 unspecified atom stereocenters. The van der Waals surface area contributed by atoms with Gasteiger partial charge in [0.2, 0.25) is 0 Å². The summed E-state index contributed by atoms with van der Waals surface area (Å²) in [6.45, 7) is 11.3. The molecule has 0 fully saturated rings. The van der Waals surface area contributed by atoms with Crippen LogP contribution in [0.5, 0.6) is 0 Å². The Kier molecular flexibility index (Phi) is 31.0. The van der Waals surface area contributed by atoms with Crippen molar-refractivity contribution in [3.8, 4) is 0 Å². The van der Waals surface area contributed by atoms with Crippen molar-refractivity contribution >= 4 is 37.4 Å². The second-order valence-corrected chi connectivity index (χ2v) is 15.5. The summed E-state index contributed by atoms with van der Waals surface area (Å²) in [5.41, 5.74) is 0. The molecule has 2 radical (unpaired) electrons. The van der Waals surface area contributed by atoms with Gasteiger partial charge >= 0.3 is 247 Å². The Bertz CT molecular complexity index is 417. The fraction of sp³-hybridized carbons (Fsp3) is 0.969. The van der Waals surface area contributed by atoms with Gasteiger partial charge in [-0.25, -0.2) is 0 Å². The van der Waals surface area contributed by atoms with Crippen LogP contribution in [0.1, 0.15) is 176 Å². The van der Waals surface area contributed by atoms with E-state index >= 15 is 0 Å². The number of carbonyl (C=O) groups excluding carboxylic acids is 1. The van der Waals surface area contributed by atoms with Gasteiger partial charge in [0.1, 0.15) is 0 Å². The minimum atomic E-state index is -2.03. The molecule has 0 amide bonds. The fourth-order valence-corrected chi connectivity index (χ4v) is 9.78. The number of hydrogen-bond acceptors (Lipinski definition) is 2. The molecule has 218 valence electrons. The Labute approximate surface area is 246 Å². The van der Waals surface area contributed by atoms with Gasteiger partial charge in [-0.15, -0.1) is 0 Å². The molecule has 0 aliphatic rings. The minimum absolute atomic E-state index is 0. The SMILES string of the molecule is CCCCCCCC[PH](CCCCCCCC)(CCCCCCCC)OC(=O)C(CC)CCCC.[SnH2]. The molecule has 2 nitrogen and oxygen atoms in total. The van der Waals surface area contributed by atoms with E-state index < -0.39 is 7.49 Å². The topological polar surface area (TPSA) is 26.3 Å². The molecule has 0 N–H and O–H groups in total. The van der Waals surface area contributed by atoms with Crippen LogP contribution in [0.15, 0.2) is 0 Å². The van der Waals surface area contributed by atoms with Crippen molar-refractivity contribution in [2.75, 3.05) is 18.5 Å². The first-order valence-corrected chi connectivity index (χ1v) is 18.8. The summed E-state index contributed by atoms with van der Waals surface area (Å²) in [5, 5.41) is 0. The molecule has 0 heterocycles. The Morgan fingerprint density at radius 3 is 1.19 bits per heavy atom. The van der Waals surface area contributed by atoms with Gasteiger partial charge in [0, 0.05) is 0 Å². The quantitative estimate of drug-likeness (QED) is 0.0510. The average molecular weight is 636 g/mol. The number of rotatable bonds is 27. The summed E-state index contributed by atoms with van der Waals surface area (Å²) in [6.07, 6.45) is 31.9. The van der Waals surface area contributed by atoms with Crippen LogP contribution in [0, 0.1) is 5.92 Å². The first-order chi connectivity index (χ1) is 17.1. The summed E-state index contributed by atoms with van der Waals surface area (Å²) in [6, 6.07) is 0. The molecule has 36 heavy (non-hydrogen) atoms. The molecule has 0 aliphatic heterocycles. The third-order valence-corrected chi connectivity index (χ3v) is 12.4. The zero-order valence-corrected chi connectivity index (χ0v) is 30.8. The van der Waals surface area contributed by atoms with Gasteiger partial charge < -0.3 is 0 Å². The fourth-order valence-electron chi connectivity index (χ4n) is 5.45. The zero-order valence-electron chi connectivity index (χ0n) is 25.8. The van der Waals surface area contributed by atoms with Crippen molar-refractivity contribution in [1.29, 1.82) is 0 Å². The maximum absolute atomic E-state index is 13.4. The van der Waals surface area contributed by atoms with Crippen LogP contribution in [-0.2, 0) is 9.32 Å². The molecule has 0 aromatic carbocycles. The van der Waals surface area contributed by atoms with Crippen molar-refractivity contribution in [1.82, 2.24) is 0 Å². The van der Waals surface area contributed by atoms with Crippen molar-refractivity contribution in [3.63, 3.8) is 0 Å². The van der Waals surface area contributed by atoms with Gasteiger partial charge in [-0.3, -0.25) is 0 Å². The van der Waals surface area contributed by atoms with Gasteiger partial charge in [-0.05, 0) is 0 Å². The molecule has 0 spiro atoms. The van der Waals surface area contributed by atoms with E-state index in [-0.39, 0.29) is 35.8 Å². The Balaban J connectivity index is 0. The Hall–Kier alpha value is 0.699. The summed E-state index contributed by atoms with van der Waals surface area (Å²) >= 11 is 0. The summed E-state index contributed by atoms with van der Waals surface area (Å²) in [4.78, 5) is 13.4. The van der Waals surface area contributed by atoms with Crippen LogP contribution in [0.2, 0.25) is 0 Å². The monoisotopic (exact) mass is 636 g/mol. The summed E-state index contributed by atoms with van der Waals surface area (Å²) in [7, 11) is -2.03. The molecule has 1 atom stereocenters. The van der Waals surface area contributed by atoms with Crippen LogP contribution in [-0.4, -0.2) is 48.4 Å². The molecular formula is C32H69O2PSn. The van der Waals surface area contributed by atoms with Crippen molar-refractivity contribution in [3.05, 3.63) is 0 Å². The molecule has 4 heteroatoms. The average Bonchev–Trinajstić information content (AvgIpc) is 2.86. The molecule has 0 aliphatic carbocycles. The molecule has 0 saturated carbocycles. The van der Waals surface area contributed by atoms with Crippen molar-refractivity contribution < 1.29 is 9.32 Å². The predicted molar refractivity (Wildman–Crippen MR) is 171 cm³/mol. The van der Waals surface area contributed by atoms with E-state index in [1.54, 1.807) is 0 Å². The third-order valence-electron chi connectivity index (χ3n) is 8.01. The van der Waals surface area contributed by atoms with Gasteiger partial charge in [-0.2, -0.15) is 0 Å². The molecule has 0 bridgehead atoms. The predicted octanol–water partition coefficient (Wildman–Crippen LogP) is 10.6.